The summed E-state index contributed by atoms with van der Waals surface area (Å²) in [6, 6.07) is 55.5. The SMILES string of the molecule is c1ccc2c3c(ccc2c1)C[N+]1(CC[N+]2(CC1)Cc1ccc4ccccc4c1-c1c(ccc4ccccc14)C2)Cc1ccc2ccccc2c1-3. The van der Waals surface area contributed by atoms with E-state index in [1.54, 1.807) is 0 Å². The molecule has 1 fully saturated rings. The van der Waals surface area contributed by atoms with Gasteiger partial charge in [-0.15, -0.1) is 0 Å². The summed E-state index contributed by atoms with van der Waals surface area (Å²) in [5.74, 6) is 0. The van der Waals surface area contributed by atoms with Crippen molar-refractivity contribution in [3.05, 3.63) is 168 Å². The van der Waals surface area contributed by atoms with Gasteiger partial charge in [0.05, 0.1) is 0 Å². The Kier molecular flexibility index (Phi) is 6.06. The van der Waals surface area contributed by atoms with E-state index >= 15 is 0 Å². The second-order valence-electron chi connectivity index (χ2n) is 15.5. The van der Waals surface area contributed by atoms with Crippen LogP contribution in [-0.4, -0.2) is 35.1 Å². The van der Waals surface area contributed by atoms with Gasteiger partial charge in [-0.25, -0.2) is 0 Å². The first kappa shape index (κ1) is 28.5. The molecule has 240 valence electrons. The molecule has 50 heavy (non-hydrogen) atoms. The number of benzene rings is 8. The molecule has 8 aromatic carbocycles. The van der Waals surface area contributed by atoms with Gasteiger partial charge in [0.1, 0.15) is 52.4 Å². The number of hydrogen-bond acceptors (Lipinski definition) is 0. The highest BCUT2D eigenvalue weighted by Crippen LogP contribution is 2.47. The van der Waals surface area contributed by atoms with Gasteiger partial charge >= 0.3 is 0 Å². The van der Waals surface area contributed by atoms with Gasteiger partial charge in [0.2, 0.25) is 0 Å². The second kappa shape index (κ2) is 10.6. The third-order valence-corrected chi connectivity index (χ3v) is 12.7. The summed E-state index contributed by atoms with van der Waals surface area (Å²) in [5, 5.41) is 10.9. The fourth-order valence-electron chi connectivity index (χ4n) is 10.2. The Bertz CT molecular complexity index is 2310. The molecule has 3 heterocycles. The van der Waals surface area contributed by atoms with E-state index < -0.39 is 0 Å². The molecule has 3 aliphatic rings. The number of rotatable bonds is 0. The van der Waals surface area contributed by atoms with Crippen LogP contribution in [0.25, 0.3) is 65.3 Å². The largest absolute Gasteiger partial charge is 0.307 e. The van der Waals surface area contributed by atoms with Gasteiger partial charge in [0.15, 0.2) is 0 Å². The van der Waals surface area contributed by atoms with Crippen LogP contribution < -0.4 is 0 Å². The highest BCUT2D eigenvalue weighted by molar-refractivity contribution is 6.09. The number of quaternary nitrogens is 2. The number of fused-ring (bicyclic) bond motifs is 14. The van der Waals surface area contributed by atoms with Crippen LogP contribution in [0.15, 0.2) is 146 Å². The minimum absolute atomic E-state index is 1.09. The zero-order valence-corrected chi connectivity index (χ0v) is 28.4. The Morgan fingerprint density at radius 2 is 0.500 bits per heavy atom. The lowest BCUT2D eigenvalue weighted by Gasteiger charge is -2.49. The Morgan fingerprint density at radius 3 is 0.760 bits per heavy atom. The normalized spacial score (nSPS) is 17.3. The maximum Gasteiger partial charge on any atom is 0.129 e. The van der Waals surface area contributed by atoms with Crippen LogP contribution in [0, 0.1) is 0 Å². The smallest absolute Gasteiger partial charge is 0.129 e. The summed E-state index contributed by atoms with van der Waals surface area (Å²) in [6.45, 7) is 9.10. The zero-order valence-electron chi connectivity index (χ0n) is 28.4. The molecule has 0 N–H and O–H groups in total. The highest BCUT2D eigenvalue weighted by Gasteiger charge is 2.46. The molecular weight excluding hydrogens is 605 g/mol. The summed E-state index contributed by atoms with van der Waals surface area (Å²) >= 11 is 0. The van der Waals surface area contributed by atoms with Crippen molar-refractivity contribution in [3.8, 4) is 22.3 Å². The van der Waals surface area contributed by atoms with Crippen molar-refractivity contribution in [1.82, 2.24) is 0 Å². The number of hydrogen-bond donors (Lipinski definition) is 0. The molecule has 0 aromatic heterocycles. The van der Waals surface area contributed by atoms with E-state index in [2.05, 4.69) is 146 Å². The molecule has 8 aromatic rings. The first-order valence-corrected chi connectivity index (χ1v) is 18.4. The fraction of sp³-hybridized carbons (Fsp3) is 0.167. The maximum atomic E-state index is 2.46. The van der Waals surface area contributed by atoms with Gasteiger partial charge in [-0.2, -0.15) is 0 Å². The van der Waals surface area contributed by atoms with Gasteiger partial charge in [-0.3, -0.25) is 0 Å². The second-order valence-corrected chi connectivity index (χ2v) is 15.5. The first-order valence-electron chi connectivity index (χ1n) is 18.4. The van der Waals surface area contributed by atoms with Crippen LogP contribution in [0.2, 0.25) is 0 Å². The highest BCUT2D eigenvalue weighted by atomic mass is 15.5. The summed E-state index contributed by atoms with van der Waals surface area (Å²) in [6.07, 6.45) is 0. The average molecular weight is 645 g/mol. The van der Waals surface area contributed by atoms with Crippen molar-refractivity contribution in [2.75, 3.05) is 26.2 Å². The Morgan fingerprint density at radius 1 is 0.260 bits per heavy atom. The predicted octanol–water partition coefficient (Wildman–Crippen LogP) is 11.0. The lowest BCUT2D eigenvalue weighted by Crippen LogP contribution is -2.65. The topological polar surface area (TPSA) is 0 Å². The van der Waals surface area contributed by atoms with Crippen molar-refractivity contribution in [3.63, 3.8) is 0 Å². The van der Waals surface area contributed by atoms with E-state index in [9.17, 15) is 0 Å². The van der Waals surface area contributed by atoms with Crippen LogP contribution in [-0.2, 0) is 26.2 Å². The van der Waals surface area contributed by atoms with Crippen LogP contribution in [0.5, 0.6) is 0 Å². The summed E-state index contributed by atoms with van der Waals surface area (Å²) in [5.41, 5.74) is 11.9. The molecular formula is C48H40N2+2. The van der Waals surface area contributed by atoms with E-state index in [1.807, 2.05) is 0 Å². The van der Waals surface area contributed by atoms with Crippen molar-refractivity contribution < 1.29 is 8.97 Å². The zero-order chi connectivity index (χ0) is 32.9. The Balaban J connectivity index is 1.05. The standard InChI is InChI=1S/C48H40N2/c1-5-13-41-33(9-1)17-21-37-29-49(30-38-22-18-34-10-2-6-14-42(34)46(38)45(37)41)25-27-50(28-26-49)31-39-23-19-35-11-3-7-15-43(35)47(39)48-40(32-50)24-20-36-12-4-8-16-44(36)48/h1-24H,25-32H2/q+2. The summed E-state index contributed by atoms with van der Waals surface area (Å²) in [4.78, 5) is 0. The molecule has 11 rings (SSSR count). The predicted molar refractivity (Wildman–Crippen MR) is 209 cm³/mol. The van der Waals surface area contributed by atoms with Gasteiger partial charge in [0, 0.05) is 22.3 Å². The molecule has 2 nitrogen and oxygen atoms in total. The maximum absolute atomic E-state index is 2.46. The lowest BCUT2D eigenvalue weighted by molar-refractivity contribution is -1.05. The van der Waals surface area contributed by atoms with Crippen LogP contribution >= 0.6 is 0 Å². The van der Waals surface area contributed by atoms with E-state index in [0.717, 1.165) is 35.1 Å². The molecule has 2 spiro atoms. The molecule has 0 saturated carbocycles. The minimum Gasteiger partial charge on any atom is -0.307 e. The van der Waals surface area contributed by atoms with Gasteiger partial charge in [-0.1, -0.05) is 146 Å². The van der Waals surface area contributed by atoms with Gasteiger partial charge in [0.25, 0.3) is 0 Å². The van der Waals surface area contributed by atoms with Gasteiger partial charge in [-0.05, 0) is 65.3 Å². The third-order valence-electron chi connectivity index (χ3n) is 12.7. The van der Waals surface area contributed by atoms with E-state index in [0.29, 0.717) is 0 Å². The third kappa shape index (κ3) is 4.22. The quantitative estimate of drug-likeness (QED) is 0.144. The van der Waals surface area contributed by atoms with Crippen LogP contribution in [0.1, 0.15) is 22.3 Å². The van der Waals surface area contributed by atoms with Crippen molar-refractivity contribution in [2.24, 2.45) is 0 Å². The lowest BCUT2D eigenvalue weighted by atomic mass is 9.88. The first-order chi connectivity index (χ1) is 24.7. The molecule has 0 atom stereocenters. The van der Waals surface area contributed by atoms with Gasteiger partial charge < -0.3 is 8.97 Å². The van der Waals surface area contributed by atoms with Crippen molar-refractivity contribution in [2.45, 2.75) is 26.2 Å². The summed E-state index contributed by atoms with van der Waals surface area (Å²) in [7, 11) is 0. The van der Waals surface area contributed by atoms with Crippen molar-refractivity contribution in [1.29, 1.82) is 0 Å². The molecule has 0 unspecified atom stereocenters. The summed E-state index contributed by atoms with van der Waals surface area (Å²) < 4.78 is 2.26. The minimum atomic E-state index is 1.09. The van der Waals surface area contributed by atoms with Crippen molar-refractivity contribution >= 4 is 43.1 Å². The van der Waals surface area contributed by atoms with Crippen LogP contribution in [0.3, 0.4) is 0 Å². The average Bonchev–Trinajstić information content (AvgIpc) is 3.41. The molecule has 0 aliphatic carbocycles. The number of piperazine rings is 1. The molecule has 0 bridgehead atoms. The molecule has 2 heteroatoms. The van der Waals surface area contributed by atoms with E-state index in [1.165, 1.54) is 114 Å². The molecule has 1 saturated heterocycles. The number of nitrogens with zero attached hydrogens (tertiary/aromatic N) is 2. The molecule has 0 amide bonds. The fourth-order valence-corrected chi connectivity index (χ4v) is 10.2. The Labute approximate surface area is 293 Å². The van der Waals surface area contributed by atoms with E-state index in [4.69, 9.17) is 0 Å². The van der Waals surface area contributed by atoms with E-state index in [-0.39, 0.29) is 0 Å². The molecule has 3 aliphatic heterocycles. The van der Waals surface area contributed by atoms with Crippen LogP contribution in [0.4, 0.5) is 0 Å². The Hall–Kier alpha value is -5.28. The molecule has 0 radical (unpaired) electrons. The monoisotopic (exact) mass is 644 g/mol.